The van der Waals surface area contributed by atoms with E-state index in [0.29, 0.717) is 11.1 Å². The molecule has 4 aliphatic rings. The fourth-order valence-electron chi connectivity index (χ4n) is 5.06. The van der Waals surface area contributed by atoms with Crippen molar-refractivity contribution in [1.29, 1.82) is 0 Å². The summed E-state index contributed by atoms with van der Waals surface area (Å²) in [6, 6.07) is 17.9. The van der Waals surface area contributed by atoms with E-state index in [1.165, 1.54) is 50.0 Å². The van der Waals surface area contributed by atoms with E-state index in [4.69, 9.17) is 9.47 Å². The molecule has 8 rings (SSSR count). The summed E-state index contributed by atoms with van der Waals surface area (Å²) in [6.45, 7) is 4.00. The van der Waals surface area contributed by atoms with Crippen LogP contribution in [0.3, 0.4) is 0 Å². The third-order valence-corrected chi connectivity index (χ3v) is 7.06. The van der Waals surface area contributed by atoms with Gasteiger partial charge in [-0.15, -0.1) is 0 Å². The van der Waals surface area contributed by atoms with Gasteiger partial charge in [0.2, 0.25) is 0 Å². The standard InChI is InChI=1S/2C13H8O2.2C4H8O.Co/c2*14-10-6-4-8-2-1-3-9-5-7-11(15)13(10)12(8)9;2*1-2-4-5-3-1;/h2*1-7,14H;2*1-4H2;/q;;;;+2/p-2. The summed E-state index contributed by atoms with van der Waals surface area (Å²) in [6.07, 6.45) is 11.5. The van der Waals surface area contributed by atoms with E-state index in [0.717, 1.165) is 59.1 Å². The summed E-state index contributed by atoms with van der Waals surface area (Å²) >= 11 is 0. The molecule has 1 radical (unpaired) electrons. The number of hydrogen-bond donors (Lipinski definition) is 0. The molecule has 2 aliphatic heterocycles. The van der Waals surface area contributed by atoms with Crippen LogP contribution in [0.5, 0.6) is 11.5 Å². The molecule has 0 atom stereocenters. The van der Waals surface area contributed by atoms with E-state index >= 15 is 0 Å². The maximum Gasteiger partial charge on any atom is 2.00 e. The van der Waals surface area contributed by atoms with Crippen LogP contribution >= 0.6 is 0 Å². The second-order valence-electron chi connectivity index (χ2n) is 9.80. The molecule has 0 unspecified atom stereocenters. The molecule has 0 bridgehead atoms. The van der Waals surface area contributed by atoms with Gasteiger partial charge in [0, 0.05) is 37.6 Å². The van der Waals surface area contributed by atoms with Crippen molar-refractivity contribution < 1.29 is 46.1 Å². The number of allylic oxidation sites excluding steroid dienone is 2. The summed E-state index contributed by atoms with van der Waals surface area (Å²) in [5.41, 5.74) is 2.51. The van der Waals surface area contributed by atoms with E-state index in [-0.39, 0.29) is 39.8 Å². The maximum atomic E-state index is 11.6. The Morgan fingerprint density at radius 3 is 1.24 bits per heavy atom. The van der Waals surface area contributed by atoms with Gasteiger partial charge in [-0.3, -0.25) is 9.59 Å². The number of ether oxygens (including phenoxy) is 2. The van der Waals surface area contributed by atoms with Gasteiger partial charge in [-0.2, -0.15) is 0 Å². The second-order valence-corrected chi connectivity index (χ2v) is 9.80. The summed E-state index contributed by atoms with van der Waals surface area (Å²) in [5, 5.41) is 26.7. The molecule has 211 valence electrons. The Hall–Kier alpha value is -3.75. The minimum atomic E-state index is -0.190. The first-order valence-electron chi connectivity index (χ1n) is 13.6. The van der Waals surface area contributed by atoms with Crippen molar-refractivity contribution in [3.63, 3.8) is 0 Å². The molecule has 2 aliphatic carbocycles. The van der Waals surface area contributed by atoms with Crippen LogP contribution in [0.2, 0.25) is 0 Å². The van der Waals surface area contributed by atoms with E-state index < -0.39 is 0 Å². The van der Waals surface area contributed by atoms with E-state index in [2.05, 4.69) is 0 Å². The average Bonchev–Trinajstić information content (AvgIpc) is 3.75. The molecule has 7 heteroatoms. The third kappa shape index (κ3) is 6.94. The topological polar surface area (TPSA) is 98.7 Å². The zero-order chi connectivity index (χ0) is 27.9. The van der Waals surface area contributed by atoms with Crippen LogP contribution in [-0.4, -0.2) is 38.0 Å². The Morgan fingerprint density at radius 2 is 0.902 bits per heavy atom. The number of benzene rings is 4. The number of hydrogen-bond acceptors (Lipinski definition) is 6. The van der Waals surface area contributed by atoms with Crippen LogP contribution in [0.4, 0.5) is 0 Å². The third-order valence-electron chi connectivity index (χ3n) is 7.06. The molecule has 41 heavy (non-hydrogen) atoms. The van der Waals surface area contributed by atoms with Gasteiger partial charge in [-0.25, -0.2) is 0 Å². The largest absolute Gasteiger partial charge is 2.00 e. The van der Waals surface area contributed by atoms with Gasteiger partial charge in [-0.1, -0.05) is 84.3 Å². The molecule has 6 nitrogen and oxygen atoms in total. The summed E-state index contributed by atoms with van der Waals surface area (Å²) < 4.78 is 9.89. The van der Waals surface area contributed by atoms with Crippen LogP contribution in [0.1, 0.15) is 57.5 Å². The van der Waals surface area contributed by atoms with Crippen molar-refractivity contribution >= 4 is 45.3 Å². The zero-order valence-corrected chi connectivity index (χ0v) is 23.6. The van der Waals surface area contributed by atoms with Crippen LogP contribution in [0.15, 0.2) is 72.8 Å². The van der Waals surface area contributed by atoms with Gasteiger partial charge < -0.3 is 19.7 Å². The van der Waals surface area contributed by atoms with Gasteiger partial charge in [0.05, 0.1) is 0 Å². The first kappa shape index (κ1) is 30.2. The van der Waals surface area contributed by atoms with Crippen molar-refractivity contribution in [2.75, 3.05) is 26.4 Å². The predicted molar refractivity (Wildman–Crippen MR) is 154 cm³/mol. The van der Waals surface area contributed by atoms with Gasteiger partial charge in [0.25, 0.3) is 0 Å². The van der Waals surface area contributed by atoms with E-state index in [1.54, 1.807) is 24.3 Å². The first-order chi connectivity index (χ1) is 19.5. The van der Waals surface area contributed by atoms with Crippen LogP contribution in [0.25, 0.3) is 33.7 Å². The monoisotopic (exact) mass is 593 g/mol. The number of carbonyl (C=O) groups is 2. The molecule has 4 aromatic carbocycles. The smallest absolute Gasteiger partial charge is 0.872 e. The Labute approximate surface area is 249 Å². The number of ketones is 2. The fourth-order valence-corrected chi connectivity index (χ4v) is 5.06. The molecular formula is C34H30CoO6. The first-order valence-corrected chi connectivity index (χ1v) is 13.6. The molecule has 0 N–H and O–H groups in total. The van der Waals surface area contributed by atoms with Crippen molar-refractivity contribution in [1.82, 2.24) is 0 Å². The quantitative estimate of drug-likeness (QED) is 0.254. The zero-order valence-electron chi connectivity index (χ0n) is 22.5. The van der Waals surface area contributed by atoms with Crippen molar-refractivity contribution in [3.05, 3.63) is 95.1 Å². The Balaban J connectivity index is 0.000000140. The summed E-state index contributed by atoms with van der Waals surface area (Å²) in [5.74, 6) is -0.762. The molecule has 0 spiro atoms. The summed E-state index contributed by atoms with van der Waals surface area (Å²) in [7, 11) is 0. The molecule has 2 saturated heterocycles. The van der Waals surface area contributed by atoms with E-state index in [1.807, 2.05) is 36.4 Å². The molecular weight excluding hydrogens is 563 g/mol. The number of rotatable bonds is 0. The van der Waals surface area contributed by atoms with E-state index in [9.17, 15) is 19.8 Å². The van der Waals surface area contributed by atoms with Gasteiger partial charge >= 0.3 is 16.8 Å². The second kappa shape index (κ2) is 14.2. The molecule has 0 saturated carbocycles. The van der Waals surface area contributed by atoms with Crippen LogP contribution in [-0.2, 0) is 26.3 Å². The minimum absolute atomic E-state index is 0. The Bertz CT molecular complexity index is 1480. The SMILES string of the molecule is C1CCOC1.C1CCOC1.O=C1C=Cc2cccc3ccc([O-])c1c23.O=C1C=Cc2cccc3ccc([O-])c1c23.[Co+2]. The molecule has 0 aromatic heterocycles. The maximum absolute atomic E-state index is 11.6. The number of carbonyl (C=O) groups excluding carboxylic acids is 2. The molecule has 2 fully saturated rings. The molecule has 2 heterocycles. The predicted octanol–water partition coefficient (Wildman–Crippen LogP) is 5.84. The van der Waals surface area contributed by atoms with Gasteiger partial charge in [-0.05, 0) is 70.5 Å². The van der Waals surface area contributed by atoms with Gasteiger partial charge in [0.1, 0.15) is 0 Å². The molecule has 4 aromatic rings. The normalized spacial score (nSPS) is 15.7. The van der Waals surface area contributed by atoms with Crippen LogP contribution < -0.4 is 10.2 Å². The summed E-state index contributed by atoms with van der Waals surface area (Å²) in [4.78, 5) is 23.2. The van der Waals surface area contributed by atoms with Crippen molar-refractivity contribution in [2.45, 2.75) is 25.7 Å². The Morgan fingerprint density at radius 1 is 0.512 bits per heavy atom. The van der Waals surface area contributed by atoms with Crippen molar-refractivity contribution in [2.24, 2.45) is 0 Å². The molecule has 0 amide bonds. The van der Waals surface area contributed by atoms with Crippen LogP contribution in [0, 0.1) is 0 Å². The van der Waals surface area contributed by atoms with Crippen molar-refractivity contribution in [3.8, 4) is 11.5 Å². The average molecular weight is 594 g/mol. The van der Waals surface area contributed by atoms with Gasteiger partial charge in [0.15, 0.2) is 11.6 Å². The minimum Gasteiger partial charge on any atom is -0.872 e. The fraction of sp³-hybridized carbons (Fsp3) is 0.235. The Kier molecular flexibility index (Phi) is 10.5.